The Morgan fingerprint density at radius 1 is 1.03 bits per heavy atom. The zero-order chi connectivity index (χ0) is 22.0. The molecule has 0 spiro atoms. The second kappa shape index (κ2) is 8.93. The molecule has 0 unspecified atom stereocenters. The summed E-state index contributed by atoms with van der Waals surface area (Å²) >= 11 is 6.63. The van der Waals surface area contributed by atoms with Crippen LogP contribution >= 0.6 is 23.6 Å². The van der Waals surface area contributed by atoms with E-state index in [0.717, 1.165) is 6.07 Å². The molecule has 31 heavy (non-hydrogen) atoms. The van der Waals surface area contributed by atoms with E-state index in [2.05, 4.69) is 15.3 Å². The predicted octanol–water partition coefficient (Wildman–Crippen LogP) is 5.36. The average Bonchev–Trinajstić information content (AvgIpc) is 3.08. The molecule has 5 nitrogen and oxygen atoms in total. The zero-order valence-corrected chi connectivity index (χ0v) is 17.9. The van der Waals surface area contributed by atoms with E-state index in [0.29, 0.717) is 53.3 Å². The van der Waals surface area contributed by atoms with Gasteiger partial charge in [0.15, 0.2) is 3.95 Å². The van der Waals surface area contributed by atoms with E-state index >= 15 is 0 Å². The Morgan fingerprint density at radius 2 is 1.77 bits per heavy atom. The lowest BCUT2D eigenvalue weighted by Crippen LogP contribution is -2.47. The first-order valence-corrected chi connectivity index (χ1v) is 10.8. The number of hydrogen-bond donors (Lipinski definition) is 1. The van der Waals surface area contributed by atoms with Gasteiger partial charge in [-0.25, -0.2) is 9.07 Å². The number of benzene rings is 2. The summed E-state index contributed by atoms with van der Waals surface area (Å²) in [4.78, 5) is 4.07. The van der Waals surface area contributed by atoms with Crippen molar-refractivity contribution in [2.45, 2.75) is 12.8 Å². The van der Waals surface area contributed by atoms with Crippen LogP contribution in [0.3, 0.4) is 0 Å². The highest BCUT2D eigenvalue weighted by Crippen LogP contribution is 2.32. The molecular weight excluding hydrogens is 450 g/mol. The molecular formula is C20H19F4N5S2. The van der Waals surface area contributed by atoms with E-state index in [4.69, 9.17) is 12.2 Å². The summed E-state index contributed by atoms with van der Waals surface area (Å²) in [6.07, 6.45) is -4.35. The molecule has 3 aromatic rings. The third-order valence-corrected chi connectivity index (χ3v) is 6.19. The predicted molar refractivity (Wildman–Crippen MR) is 116 cm³/mol. The highest BCUT2D eigenvalue weighted by Gasteiger charge is 2.31. The number of halogens is 4. The van der Waals surface area contributed by atoms with Crippen LogP contribution in [0.2, 0.25) is 0 Å². The number of nitrogens with zero attached hydrogens (tertiary/aromatic N) is 4. The Labute approximate surface area is 185 Å². The van der Waals surface area contributed by atoms with E-state index in [9.17, 15) is 17.6 Å². The number of hydrogen-bond acceptors (Lipinski definition) is 6. The smallest absolute Gasteiger partial charge is 0.369 e. The number of aromatic nitrogens is 2. The van der Waals surface area contributed by atoms with Gasteiger partial charge in [-0.15, -0.1) is 5.10 Å². The molecule has 0 saturated carbocycles. The van der Waals surface area contributed by atoms with Crippen molar-refractivity contribution in [3.8, 4) is 0 Å². The molecule has 1 aliphatic heterocycles. The number of rotatable bonds is 5. The van der Waals surface area contributed by atoms with E-state index in [1.165, 1.54) is 29.5 Å². The standard InChI is InChI=1S/C20H19F4N5S2/c21-16-6-1-2-7-17(16)25-18-26-29(19(30)31-18)13-27-8-10-28(11-9-27)15-5-3-4-14(12-15)20(22,23)24/h1-7,12H,8-11,13H2,(H,25,26). The molecule has 1 aromatic heterocycles. The number of para-hydroxylation sites is 1. The maximum absolute atomic E-state index is 13.8. The lowest BCUT2D eigenvalue weighted by atomic mass is 10.1. The first-order chi connectivity index (χ1) is 14.8. The van der Waals surface area contributed by atoms with Crippen molar-refractivity contribution in [1.29, 1.82) is 0 Å². The van der Waals surface area contributed by atoms with Crippen LogP contribution in [-0.4, -0.2) is 40.9 Å². The summed E-state index contributed by atoms with van der Waals surface area (Å²) in [6, 6.07) is 11.7. The zero-order valence-electron chi connectivity index (χ0n) is 16.3. The van der Waals surface area contributed by atoms with Gasteiger partial charge in [0.25, 0.3) is 0 Å². The van der Waals surface area contributed by atoms with Crippen molar-refractivity contribution < 1.29 is 17.6 Å². The third kappa shape index (κ3) is 5.23. The van der Waals surface area contributed by atoms with Crippen molar-refractivity contribution in [3.05, 3.63) is 63.9 Å². The van der Waals surface area contributed by atoms with E-state index in [1.54, 1.807) is 28.9 Å². The molecule has 1 N–H and O–H groups in total. The fourth-order valence-corrected chi connectivity index (χ4v) is 4.34. The molecule has 1 aliphatic rings. The number of nitrogens with one attached hydrogen (secondary N) is 1. The highest BCUT2D eigenvalue weighted by molar-refractivity contribution is 7.73. The topological polar surface area (TPSA) is 36.3 Å². The molecule has 0 atom stereocenters. The fraction of sp³-hybridized carbons (Fsp3) is 0.300. The van der Waals surface area contributed by atoms with Gasteiger partial charge >= 0.3 is 6.18 Å². The molecule has 2 aromatic carbocycles. The summed E-state index contributed by atoms with van der Waals surface area (Å²) in [5, 5.41) is 7.87. The SMILES string of the molecule is Fc1ccccc1Nc1nn(CN2CCN(c3cccc(C(F)(F)F)c3)CC2)c(=S)s1. The average molecular weight is 470 g/mol. The van der Waals surface area contributed by atoms with Crippen LogP contribution in [0.4, 0.5) is 34.1 Å². The summed E-state index contributed by atoms with van der Waals surface area (Å²) in [5.41, 5.74) is 0.250. The third-order valence-electron chi connectivity index (χ3n) is 4.97. The summed E-state index contributed by atoms with van der Waals surface area (Å²) in [5.74, 6) is -0.374. The molecule has 164 valence electrons. The Hall–Kier alpha value is -2.50. The second-order valence-corrected chi connectivity index (χ2v) is 8.69. The van der Waals surface area contributed by atoms with E-state index in [1.807, 2.05) is 4.90 Å². The Bertz CT molecular complexity index is 1100. The fourth-order valence-electron chi connectivity index (χ4n) is 3.34. The van der Waals surface area contributed by atoms with Crippen molar-refractivity contribution in [1.82, 2.24) is 14.7 Å². The maximum Gasteiger partial charge on any atom is 0.416 e. The van der Waals surface area contributed by atoms with Gasteiger partial charge in [-0.1, -0.05) is 29.5 Å². The summed E-state index contributed by atoms with van der Waals surface area (Å²) < 4.78 is 55.0. The van der Waals surface area contributed by atoms with Gasteiger partial charge in [-0.05, 0) is 42.5 Å². The van der Waals surface area contributed by atoms with Crippen molar-refractivity contribution in [2.75, 3.05) is 36.4 Å². The van der Waals surface area contributed by atoms with Crippen LogP contribution < -0.4 is 10.2 Å². The van der Waals surface area contributed by atoms with Gasteiger partial charge in [0.05, 0.1) is 17.9 Å². The maximum atomic E-state index is 13.8. The minimum Gasteiger partial charge on any atom is -0.369 e. The van der Waals surface area contributed by atoms with Crippen LogP contribution in [-0.2, 0) is 12.8 Å². The van der Waals surface area contributed by atoms with Crippen molar-refractivity contribution >= 4 is 40.1 Å². The molecule has 1 saturated heterocycles. The van der Waals surface area contributed by atoms with Crippen LogP contribution in [0.5, 0.6) is 0 Å². The Morgan fingerprint density at radius 3 is 2.48 bits per heavy atom. The molecule has 11 heteroatoms. The van der Waals surface area contributed by atoms with Gasteiger partial charge < -0.3 is 10.2 Å². The van der Waals surface area contributed by atoms with Gasteiger partial charge in [0.2, 0.25) is 5.13 Å². The molecule has 0 bridgehead atoms. The monoisotopic (exact) mass is 469 g/mol. The largest absolute Gasteiger partial charge is 0.416 e. The molecule has 0 amide bonds. The Kier molecular flexibility index (Phi) is 6.26. The quantitative estimate of drug-likeness (QED) is 0.402. The van der Waals surface area contributed by atoms with Gasteiger partial charge in [0, 0.05) is 31.9 Å². The van der Waals surface area contributed by atoms with Gasteiger partial charge in [-0.3, -0.25) is 4.90 Å². The molecule has 4 rings (SSSR count). The molecule has 0 aliphatic carbocycles. The lowest BCUT2D eigenvalue weighted by molar-refractivity contribution is -0.137. The number of alkyl halides is 3. The van der Waals surface area contributed by atoms with Crippen molar-refractivity contribution in [3.63, 3.8) is 0 Å². The number of piperazine rings is 1. The minimum atomic E-state index is -4.35. The van der Waals surface area contributed by atoms with Gasteiger partial charge in [0.1, 0.15) is 5.82 Å². The lowest BCUT2D eigenvalue weighted by Gasteiger charge is -2.36. The van der Waals surface area contributed by atoms with Crippen LogP contribution in [0.15, 0.2) is 48.5 Å². The van der Waals surface area contributed by atoms with Gasteiger partial charge in [-0.2, -0.15) is 13.2 Å². The minimum absolute atomic E-state index is 0.327. The highest BCUT2D eigenvalue weighted by atomic mass is 32.1. The Balaban J connectivity index is 1.37. The van der Waals surface area contributed by atoms with Crippen LogP contribution in [0.1, 0.15) is 5.56 Å². The molecule has 2 heterocycles. The van der Waals surface area contributed by atoms with Crippen molar-refractivity contribution in [2.24, 2.45) is 0 Å². The molecule has 0 radical (unpaired) electrons. The van der Waals surface area contributed by atoms with Crippen LogP contribution in [0.25, 0.3) is 0 Å². The first-order valence-electron chi connectivity index (χ1n) is 9.54. The van der Waals surface area contributed by atoms with E-state index < -0.39 is 11.7 Å². The van der Waals surface area contributed by atoms with E-state index in [-0.39, 0.29) is 5.82 Å². The second-order valence-electron chi connectivity index (χ2n) is 7.07. The first kappa shape index (κ1) is 21.7. The molecule has 1 fully saturated rings. The number of anilines is 3. The normalized spacial score (nSPS) is 15.3. The summed E-state index contributed by atoms with van der Waals surface area (Å²) in [7, 11) is 0. The summed E-state index contributed by atoms with van der Waals surface area (Å²) in [6.45, 7) is 2.97. The van der Waals surface area contributed by atoms with Crippen LogP contribution in [0, 0.1) is 9.77 Å².